The second-order valence-electron chi connectivity index (χ2n) is 6.97. The number of nitrogens with zero attached hydrogens (tertiary/aromatic N) is 1. The zero-order valence-corrected chi connectivity index (χ0v) is 16.8. The van der Waals surface area contributed by atoms with Gasteiger partial charge in [-0.2, -0.15) is 0 Å². The molecule has 3 rings (SSSR count). The van der Waals surface area contributed by atoms with Crippen LogP contribution < -0.4 is 0 Å². The number of likely N-dealkylation sites (tertiary alicyclic amines) is 1. The average molecular weight is 402 g/mol. The third-order valence-corrected chi connectivity index (χ3v) is 4.96. The molecule has 0 amide bonds. The molecule has 1 heterocycles. The summed E-state index contributed by atoms with van der Waals surface area (Å²) in [5.41, 5.74) is 3.33. The first kappa shape index (κ1) is 22.0. The van der Waals surface area contributed by atoms with E-state index >= 15 is 0 Å². The zero-order chi connectivity index (χ0) is 18.9. The van der Waals surface area contributed by atoms with Crippen LogP contribution in [0.2, 0.25) is 0 Å². The first-order chi connectivity index (χ1) is 13.2. The molecule has 0 aliphatic carbocycles. The Balaban J connectivity index is 0.00000280. The van der Waals surface area contributed by atoms with Gasteiger partial charge in [0.25, 0.3) is 0 Å². The van der Waals surface area contributed by atoms with Crippen molar-refractivity contribution < 1.29 is 14.6 Å². The number of carboxylic acid groups (broad SMARTS) is 1. The lowest BCUT2D eigenvalue weighted by Gasteiger charge is -2.30. The summed E-state index contributed by atoms with van der Waals surface area (Å²) in [7, 11) is 0. The molecular weight excluding hydrogens is 374 g/mol. The number of hydrogen-bond acceptors (Lipinski definition) is 3. The van der Waals surface area contributed by atoms with Crippen molar-refractivity contribution >= 4 is 23.9 Å². The van der Waals surface area contributed by atoms with Gasteiger partial charge in [0.05, 0.1) is 18.8 Å². The second kappa shape index (κ2) is 11.5. The summed E-state index contributed by atoms with van der Waals surface area (Å²) in [6.07, 6.45) is 4.49. The van der Waals surface area contributed by atoms with Gasteiger partial charge in [0.15, 0.2) is 0 Å². The predicted octanol–water partition coefficient (Wildman–Crippen LogP) is 4.70. The fraction of sp³-hybridized carbons (Fsp3) is 0.348. The maximum atomic E-state index is 11.2. The monoisotopic (exact) mass is 401 g/mol. The Labute approximate surface area is 173 Å². The van der Waals surface area contributed by atoms with Gasteiger partial charge in [-0.15, -0.1) is 12.4 Å². The number of carboxylic acids is 1. The number of ether oxygens (including phenoxy) is 1. The number of piperidine rings is 1. The van der Waals surface area contributed by atoms with Gasteiger partial charge in [-0.1, -0.05) is 60.7 Å². The van der Waals surface area contributed by atoms with Crippen molar-refractivity contribution in [2.24, 2.45) is 5.92 Å². The third kappa shape index (κ3) is 6.39. The summed E-state index contributed by atoms with van der Waals surface area (Å²) in [6, 6.07) is 20.5. The van der Waals surface area contributed by atoms with E-state index < -0.39 is 5.97 Å². The zero-order valence-electron chi connectivity index (χ0n) is 16.0. The van der Waals surface area contributed by atoms with E-state index in [2.05, 4.69) is 29.2 Å². The highest BCUT2D eigenvalue weighted by Crippen LogP contribution is 2.23. The van der Waals surface area contributed by atoms with E-state index in [0.717, 1.165) is 49.1 Å². The molecule has 0 spiro atoms. The lowest BCUT2D eigenvalue weighted by molar-refractivity contribution is -0.143. The van der Waals surface area contributed by atoms with E-state index in [1.807, 2.05) is 42.7 Å². The van der Waals surface area contributed by atoms with Crippen LogP contribution in [0.4, 0.5) is 0 Å². The Bertz CT molecular complexity index is 707. The summed E-state index contributed by atoms with van der Waals surface area (Å²) in [6.45, 7) is 3.14. The summed E-state index contributed by atoms with van der Waals surface area (Å²) < 4.78 is 5.86. The van der Waals surface area contributed by atoms with Crippen molar-refractivity contribution in [2.75, 3.05) is 26.2 Å². The van der Waals surface area contributed by atoms with Crippen molar-refractivity contribution in [3.63, 3.8) is 0 Å². The molecule has 2 aromatic carbocycles. The van der Waals surface area contributed by atoms with Crippen LogP contribution in [0.25, 0.3) is 5.57 Å². The highest BCUT2D eigenvalue weighted by atomic mass is 35.5. The maximum absolute atomic E-state index is 11.2. The fourth-order valence-corrected chi connectivity index (χ4v) is 3.51. The van der Waals surface area contributed by atoms with Gasteiger partial charge in [0.1, 0.15) is 0 Å². The second-order valence-corrected chi connectivity index (χ2v) is 6.97. The smallest absolute Gasteiger partial charge is 0.307 e. The standard InChI is InChI=1S/C23H27NO3.ClH/c25-23(26)21-13-7-14-24(17-21)15-8-16-27-18-22(19-9-3-1-4-10-19)20-11-5-2-6-12-20;/h1-6,9-12,18,21H,7-8,13-17H2,(H,25,26);1H. The van der Waals surface area contributed by atoms with Crippen LogP contribution in [0.5, 0.6) is 0 Å². The number of rotatable bonds is 8. The summed E-state index contributed by atoms with van der Waals surface area (Å²) in [5, 5.41) is 9.18. The Morgan fingerprint density at radius 1 is 1.07 bits per heavy atom. The van der Waals surface area contributed by atoms with Gasteiger partial charge in [-0.3, -0.25) is 4.79 Å². The molecule has 150 valence electrons. The van der Waals surface area contributed by atoms with E-state index in [9.17, 15) is 9.90 Å². The molecule has 1 aliphatic rings. The van der Waals surface area contributed by atoms with Gasteiger partial charge >= 0.3 is 5.97 Å². The van der Waals surface area contributed by atoms with Crippen LogP contribution in [-0.2, 0) is 9.53 Å². The minimum Gasteiger partial charge on any atom is -0.500 e. The Hall–Kier alpha value is -2.30. The van der Waals surface area contributed by atoms with Crippen LogP contribution in [0.1, 0.15) is 30.4 Å². The average Bonchev–Trinajstić information content (AvgIpc) is 2.72. The Morgan fingerprint density at radius 3 is 2.25 bits per heavy atom. The Morgan fingerprint density at radius 2 is 1.68 bits per heavy atom. The van der Waals surface area contributed by atoms with E-state index in [1.165, 1.54) is 0 Å². The quantitative estimate of drug-likeness (QED) is 0.514. The minimum absolute atomic E-state index is 0. The van der Waals surface area contributed by atoms with Gasteiger partial charge in [0.2, 0.25) is 0 Å². The van der Waals surface area contributed by atoms with Crippen molar-refractivity contribution in [1.29, 1.82) is 0 Å². The molecule has 1 fully saturated rings. The molecule has 0 saturated carbocycles. The maximum Gasteiger partial charge on any atom is 0.307 e. The molecule has 1 atom stereocenters. The lowest BCUT2D eigenvalue weighted by atomic mass is 9.98. The van der Waals surface area contributed by atoms with Crippen LogP contribution in [0.15, 0.2) is 66.9 Å². The van der Waals surface area contributed by atoms with Crippen LogP contribution in [0.3, 0.4) is 0 Å². The molecule has 1 N–H and O–H groups in total. The Kier molecular flexibility index (Phi) is 9.05. The summed E-state index contributed by atoms with van der Waals surface area (Å²) >= 11 is 0. The summed E-state index contributed by atoms with van der Waals surface area (Å²) in [4.78, 5) is 13.4. The first-order valence-electron chi connectivity index (χ1n) is 9.62. The number of aliphatic carboxylic acids is 1. The van der Waals surface area contributed by atoms with Crippen LogP contribution in [-0.4, -0.2) is 42.2 Å². The highest BCUT2D eigenvalue weighted by Gasteiger charge is 2.24. The molecule has 0 bridgehead atoms. The molecule has 5 heteroatoms. The normalized spacial score (nSPS) is 16.6. The van der Waals surface area contributed by atoms with Gasteiger partial charge in [-0.05, 0) is 36.9 Å². The highest BCUT2D eigenvalue weighted by molar-refractivity contribution is 5.85. The van der Waals surface area contributed by atoms with Crippen LogP contribution >= 0.6 is 12.4 Å². The van der Waals surface area contributed by atoms with Crippen molar-refractivity contribution in [1.82, 2.24) is 4.90 Å². The third-order valence-electron chi connectivity index (χ3n) is 4.96. The molecule has 1 aliphatic heterocycles. The molecule has 0 aromatic heterocycles. The van der Waals surface area contributed by atoms with E-state index in [1.54, 1.807) is 0 Å². The molecule has 1 unspecified atom stereocenters. The number of halogens is 1. The van der Waals surface area contributed by atoms with Gasteiger partial charge < -0.3 is 14.7 Å². The van der Waals surface area contributed by atoms with Gasteiger partial charge in [0, 0.05) is 18.7 Å². The number of carbonyl (C=O) groups is 1. The number of benzene rings is 2. The van der Waals surface area contributed by atoms with Crippen molar-refractivity contribution in [3.05, 3.63) is 78.1 Å². The largest absolute Gasteiger partial charge is 0.500 e. The van der Waals surface area contributed by atoms with Gasteiger partial charge in [-0.25, -0.2) is 0 Å². The van der Waals surface area contributed by atoms with E-state index in [0.29, 0.717) is 13.2 Å². The topological polar surface area (TPSA) is 49.8 Å². The first-order valence-corrected chi connectivity index (χ1v) is 9.62. The molecule has 2 aromatic rings. The van der Waals surface area contributed by atoms with Crippen molar-refractivity contribution in [3.8, 4) is 0 Å². The van der Waals surface area contributed by atoms with Crippen LogP contribution in [0, 0.1) is 5.92 Å². The number of hydrogen-bond donors (Lipinski definition) is 1. The SMILES string of the molecule is Cl.O=C(O)C1CCCN(CCCOC=C(c2ccccc2)c2ccccc2)C1. The summed E-state index contributed by atoms with van der Waals surface area (Å²) in [5.74, 6) is -0.892. The molecule has 4 nitrogen and oxygen atoms in total. The minimum atomic E-state index is -0.672. The molecule has 0 radical (unpaired) electrons. The fourth-order valence-electron chi connectivity index (χ4n) is 3.51. The molecular formula is C23H28ClNO3. The van der Waals surface area contributed by atoms with E-state index in [4.69, 9.17) is 4.74 Å². The van der Waals surface area contributed by atoms with E-state index in [-0.39, 0.29) is 18.3 Å². The van der Waals surface area contributed by atoms with Crippen molar-refractivity contribution in [2.45, 2.75) is 19.3 Å². The molecule has 28 heavy (non-hydrogen) atoms. The molecule has 1 saturated heterocycles. The predicted molar refractivity (Wildman–Crippen MR) is 115 cm³/mol. The lowest BCUT2D eigenvalue weighted by Crippen LogP contribution is -2.39.